The topological polar surface area (TPSA) is 63.1 Å². The Morgan fingerprint density at radius 3 is 2.39 bits per heavy atom. The second-order valence-electron chi connectivity index (χ2n) is 13.4. The fourth-order valence-electron chi connectivity index (χ4n) is 7.00. The van der Waals surface area contributed by atoms with Gasteiger partial charge in [0, 0.05) is 68.4 Å². The predicted molar refractivity (Wildman–Crippen MR) is 141 cm³/mol. The van der Waals surface area contributed by atoms with E-state index < -0.39 is 5.60 Å². The molecule has 0 radical (unpaired) electrons. The zero-order valence-electron chi connectivity index (χ0n) is 23.3. The van der Waals surface area contributed by atoms with Crippen LogP contribution in [0.2, 0.25) is 0 Å². The fraction of sp³-hybridized carbons (Fsp3) is 0.857. The quantitative estimate of drug-likeness (QED) is 0.612. The molecule has 0 aromatic carbocycles. The van der Waals surface area contributed by atoms with Gasteiger partial charge in [-0.05, 0) is 73.1 Å². The molecule has 0 saturated carbocycles. The molecule has 1 aromatic heterocycles. The van der Waals surface area contributed by atoms with Crippen LogP contribution in [0.1, 0.15) is 72.0 Å². The molecule has 4 aliphatic heterocycles. The number of fused-ring (bicyclic) bond motifs is 1. The van der Waals surface area contributed by atoms with Crippen LogP contribution in [0.15, 0.2) is 6.07 Å². The summed E-state index contributed by atoms with van der Waals surface area (Å²) in [6.07, 6.45) is 4.06. The number of ether oxygens (including phenoxy) is 2. The van der Waals surface area contributed by atoms with Crippen molar-refractivity contribution in [1.82, 2.24) is 19.6 Å². The second-order valence-corrected chi connectivity index (χ2v) is 13.4. The highest BCUT2D eigenvalue weighted by Gasteiger charge is 2.41. The van der Waals surface area contributed by atoms with E-state index in [4.69, 9.17) is 14.6 Å². The van der Waals surface area contributed by atoms with Crippen LogP contribution >= 0.6 is 0 Å². The predicted octanol–water partition coefficient (Wildman–Crippen LogP) is 4.34. The molecule has 0 bridgehead atoms. The molecule has 3 unspecified atom stereocenters. The first-order valence-electron chi connectivity index (χ1n) is 14.1. The maximum Gasteiger partial charge on any atom is 0.410 e. The fourth-order valence-corrected chi connectivity index (χ4v) is 7.00. The number of aryl methyl sites for hydroxylation is 1. The third-order valence-electron chi connectivity index (χ3n) is 8.76. The average Bonchev–Trinajstić information content (AvgIpc) is 3.47. The number of anilines is 1. The first kappa shape index (κ1) is 25.8. The summed E-state index contributed by atoms with van der Waals surface area (Å²) in [5.74, 6) is 3.39. The molecule has 8 nitrogen and oxygen atoms in total. The van der Waals surface area contributed by atoms with Gasteiger partial charge < -0.3 is 24.2 Å². The molecule has 4 aliphatic rings. The van der Waals surface area contributed by atoms with Crippen molar-refractivity contribution in [2.75, 3.05) is 57.4 Å². The summed E-state index contributed by atoms with van der Waals surface area (Å²) in [5, 5.41) is 5.13. The molecule has 0 N–H and O–H groups in total. The summed E-state index contributed by atoms with van der Waals surface area (Å²) in [7, 11) is 0. The van der Waals surface area contributed by atoms with Gasteiger partial charge in [-0.1, -0.05) is 0 Å². The minimum absolute atomic E-state index is 0.0906. The van der Waals surface area contributed by atoms with Crippen LogP contribution in [0.25, 0.3) is 0 Å². The molecule has 3 atom stereocenters. The SMILES string of the molecule is Cc1cc(N2CCC(CN3CC4COCC4C3)CC2(C)C)nn1C1CCN(C(=O)OC(C)(C)C)CC1. The summed E-state index contributed by atoms with van der Waals surface area (Å²) in [6.45, 7) is 20.8. The molecule has 0 spiro atoms. The van der Waals surface area contributed by atoms with Gasteiger partial charge in [0.15, 0.2) is 5.82 Å². The van der Waals surface area contributed by atoms with Crippen LogP contribution in [-0.4, -0.2) is 89.3 Å². The van der Waals surface area contributed by atoms with E-state index in [1.54, 1.807) is 0 Å². The molecular formula is C28H47N5O3. The first-order valence-corrected chi connectivity index (χ1v) is 14.1. The van der Waals surface area contributed by atoms with Gasteiger partial charge in [-0.15, -0.1) is 0 Å². The maximum atomic E-state index is 12.5. The van der Waals surface area contributed by atoms with Crippen molar-refractivity contribution >= 4 is 11.9 Å². The number of hydrogen-bond acceptors (Lipinski definition) is 6. The number of nitrogens with zero attached hydrogens (tertiary/aromatic N) is 5. The smallest absolute Gasteiger partial charge is 0.410 e. The maximum absolute atomic E-state index is 12.5. The van der Waals surface area contributed by atoms with Gasteiger partial charge in [0.25, 0.3) is 0 Å². The Kier molecular flexibility index (Phi) is 7.05. The monoisotopic (exact) mass is 501 g/mol. The number of likely N-dealkylation sites (tertiary alicyclic amines) is 2. The Hall–Kier alpha value is -1.80. The highest BCUT2D eigenvalue weighted by Crippen LogP contribution is 2.38. The van der Waals surface area contributed by atoms with Crippen LogP contribution in [-0.2, 0) is 9.47 Å². The number of piperidine rings is 2. The van der Waals surface area contributed by atoms with Gasteiger partial charge in [-0.2, -0.15) is 5.10 Å². The minimum atomic E-state index is -0.454. The summed E-state index contributed by atoms with van der Waals surface area (Å²) < 4.78 is 13.5. The van der Waals surface area contributed by atoms with E-state index in [0.29, 0.717) is 6.04 Å². The van der Waals surface area contributed by atoms with Gasteiger partial charge in [-0.25, -0.2) is 4.79 Å². The van der Waals surface area contributed by atoms with Crippen LogP contribution < -0.4 is 4.90 Å². The molecule has 4 saturated heterocycles. The molecule has 202 valence electrons. The number of rotatable bonds is 4. The normalized spacial score (nSPS) is 29.6. The van der Waals surface area contributed by atoms with E-state index in [0.717, 1.165) is 69.3 Å². The Morgan fingerprint density at radius 2 is 1.78 bits per heavy atom. The third kappa shape index (κ3) is 5.54. The zero-order valence-corrected chi connectivity index (χ0v) is 23.3. The number of amides is 1. The van der Waals surface area contributed by atoms with E-state index in [2.05, 4.69) is 41.3 Å². The largest absolute Gasteiger partial charge is 0.444 e. The van der Waals surface area contributed by atoms with E-state index in [-0.39, 0.29) is 11.6 Å². The second kappa shape index (κ2) is 9.82. The van der Waals surface area contributed by atoms with E-state index >= 15 is 0 Å². The van der Waals surface area contributed by atoms with Gasteiger partial charge in [0.2, 0.25) is 0 Å². The molecule has 4 fully saturated rings. The van der Waals surface area contributed by atoms with Gasteiger partial charge in [0.1, 0.15) is 5.60 Å². The first-order chi connectivity index (χ1) is 17.0. The molecule has 5 heterocycles. The lowest BCUT2D eigenvalue weighted by atomic mass is 9.82. The average molecular weight is 502 g/mol. The number of carbonyl (C=O) groups excluding carboxylic acids is 1. The highest BCUT2D eigenvalue weighted by molar-refractivity contribution is 5.68. The van der Waals surface area contributed by atoms with Crippen molar-refractivity contribution in [2.45, 2.75) is 84.4 Å². The zero-order chi connectivity index (χ0) is 25.7. The van der Waals surface area contributed by atoms with Crippen LogP contribution in [0.4, 0.5) is 10.6 Å². The Bertz CT molecular complexity index is 918. The van der Waals surface area contributed by atoms with Crippen molar-refractivity contribution < 1.29 is 14.3 Å². The Morgan fingerprint density at radius 1 is 1.11 bits per heavy atom. The minimum Gasteiger partial charge on any atom is -0.444 e. The Labute approximate surface area is 217 Å². The molecule has 1 amide bonds. The molecule has 36 heavy (non-hydrogen) atoms. The lowest BCUT2D eigenvalue weighted by Crippen LogP contribution is -2.52. The summed E-state index contributed by atoms with van der Waals surface area (Å²) in [4.78, 5) is 19.5. The molecular weight excluding hydrogens is 454 g/mol. The van der Waals surface area contributed by atoms with Crippen LogP contribution in [0.5, 0.6) is 0 Å². The molecule has 8 heteroatoms. The Balaban J connectivity index is 1.17. The lowest BCUT2D eigenvalue weighted by Gasteiger charge is -2.46. The van der Waals surface area contributed by atoms with Gasteiger partial charge >= 0.3 is 6.09 Å². The standard InChI is InChI=1S/C28H47N5O3/c1-20-13-25(29-33(20)24-8-10-31(11-9-24)26(34)36-27(2,3)4)32-12-7-21(14-28(32,5)6)15-30-16-22-18-35-19-23(22)17-30/h13,21-24H,7-12,14-19H2,1-6H3. The molecule has 1 aromatic rings. The van der Waals surface area contributed by atoms with Crippen LogP contribution in [0.3, 0.4) is 0 Å². The van der Waals surface area contributed by atoms with Crippen molar-refractivity contribution in [3.8, 4) is 0 Å². The van der Waals surface area contributed by atoms with E-state index in [9.17, 15) is 4.79 Å². The number of carbonyl (C=O) groups is 1. The molecule has 0 aliphatic carbocycles. The van der Waals surface area contributed by atoms with E-state index in [1.807, 2.05) is 25.7 Å². The van der Waals surface area contributed by atoms with Gasteiger partial charge in [0.05, 0.1) is 19.3 Å². The van der Waals surface area contributed by atoms with Crippen LogP contribution in [0, 0.1) is 24.7 Å². The lowest BCUT2D eigenvalue weighted by molar-refractivity contribution is 0.0184. The van der Waals surface area contributed by atoms with E-state index in [1.165, 1.54) is 38.2 Å². The van der Waals surface area contributed by atoms with Crippen molar-refractivity contribution in [1.29, 1.82) is 0 Å². The summed E-state index contributed by atoms with van der Waals surface area (Å²) >= 11 is 0. The summed E-state index contributed by atoms with van der Waals surface area (Å²) in [5.41, 5.74) is 0.849. The van der Waals surface area contributed by atoms with Crippen molar-refractivity contribution in [3.63, 3.8) is 0 Å². The third-order valence-corrected chi connectivity index (χ3v) is 8.76. The molecule has 5 rings (SSSR count). The van der Waals surface area contributed by atoms with Gasteiger partial charge in [-0.3, -0.25) is 4.68 Å². The van der Waals surface area contributed by atoms with Crippen molar-refractivity contribution in [3.05, 3.63) is 11.8 Å². The van der Waals surface area contributed by atoms with Crippen molar-refractivity contribution in [2.24, 2.45) is 17.8 Å². The summed E-state index contributed by atoms with van der Waals surface area (Å²) in [6, 6.07) is 2.60. The number of aromatic nitrogens is 2. The highest BCUT2D eigenvalue weighted by atomic mass is 16.6. The number of hydrogen-bond donors (Lipinski definition) is 0.